The van der Waals surface area contributed by atoms with Crippen molar-refractivity contribution >= 4 is 44.9 Å². The van der Waals surface area contributed by atoms with Gasteiger partial charge in [0.15, 0.2) is 0 Å². The third kappa shape index (κ3) is 3.96. The second-order valence-corrected chi connectivity index (χ2v) is 7.00. The second kappa shape index (κ2) is 7.36. The van der Waals surface area contributed by atoms with E-state index in [1.165, 1.54) is 6.20 Å². The predicted octanol–water partition coefficient (Wildman–Crippen LogP) is 3.04. The molecule has 1 saturated heterocycles. The van der Waals surface area contributed by atoms with Gasteiger partial charge in [0.05, 0.1) is 5.02 Å². The van der Waals surface area contributed by atoms with Gasteiger partial charge in [-0.3, -0.25) is 9.59 Å². The Kier molecular flexibility index (Phi) is 5.20. The monoisotopic (exact) mass is 410 g/mol. The SMILES string of the molecule is O=C(Nc1cc(Br)c[nH]c1=O)C1CCN(c2ccc(Cl)cn2)CC1. The Balaban J connectivity index is 1.60. The van der Waals surface area contributed by atoms with Crippen molar-refractivity contribution in [2.75, 3.05) is 23.3 Å². The highest BCUT2D eigenvalue weighted by molar-refractivity contribution is 9.10. The molecule has 2 aromatic rings. The van der Waals surface area contributed by atoms with Crippen LogP contribution >= 0.6 is 27.5 Å². The van der Waals surface area contributed by atoms with Crippen molar-refractivity contribution in [3.63, 3.8) is 0 Å². The molecule has 0 spiro atoms. The summed E-state index contributed by atoms with van der Waals surface area (Å²) in [7, 11) is 0. The number of H-pyrrole nitrogens is 1. The van der Waals surface area contributed by atoms with Crippen LogP contribution in [0.25, 0.3) is 0 Å². The lowest BCUT2D eigenvalue weighted by Gasteiger charge is -2.32. The van der Waals surface area contributed by atoms with Crippen molar-refractivity contribution < 1.29 is 4.79 Å². The van der Waals surface area contributed by atoms with Crippen molar-refractivity contribution in [2.24, 2.45) is 5.92 Å². The highest BCUT2D eigenvalue weighted by Crippen LogP contribution is 2.23. The van der Waals surface area contributed by atoms with E-state index in [9.17, 15) is 9.59 Å². The average Bonchev–Trinajstić information content (AvgIpc) is 2.59. The maximum absolute atomic E-state index is 12.4. The minimum Gasteiger partial charge on any atom is -0.357 e. The second-order valence-electron chi connectivity index (χ2n) is 5.65. The quantitative estimate of drug-likeness (QED) is 0.814. The number of amides is 1. The van der Waals surface area contributed by atoms with Gasteiger partial charge in [-0.05, 0) is 47.0 Å². The Morgan fingerprint density at radius 3 is 2.79 bits per heavy atom. The number of nitrogens with zero attached hydrogens (tertiary/aromatic N) is 2. The maximum atomic E-state index is 12.4. The van der Waals surface area contributed by atoms with Gasteiger partial charge in [0, 0.05) is 35.9 Å². The van der Waals surface area contributed by atoms with E-state index in [-0.39, 0.29) is 23.1 Å². The highest BCUT2D eigenvalue weighted by atomic mass is 79.9. The van der Waals surface area contributed by atoms with E-state index in [0.717, 1.165) is 18.9 Å². The van der Waals surface area contributed by atoms with Crippen LogP contribution < -0.4 is 15.8 Å². The van der Waals surface area contributed by atoms with Crippen LogP contribution in [0.1, 0.15) is 12.8 Å². The number of halogens is 2. The molecule has 0 bridgehead atoms. The van der Waals surface area contributed by atoms with Gasteiger partial charge in [0.25, 0.3) is 5.56 Å². The first-order valence-electron chi connectivity index (χ1n) is 7.58. The van der Waals surface area contributed by atoms with Crippen molar-refractivity contribution in [1.82, 2.24) is 9.97 Å². The summed E-state index contributed by atoms with van der Waals surface area (Å²) in [6.07, 6.45) is 4.58. The van der Waals surface area contributed by atoms with Crippen molar-refractivity contribution in [2.45, 2.75) is 12.8 Å². The number of hydrogen-bond acceptors (Lipinski definition) is 4. The Morgan fingerprint density at radius 1 is 1.38 bits per heavy atom. The molecular weight excluding hydrogens is 396 g/mol. The largest absolute Gasteiger partial charge is 0.357 e. The number of carbonyl (C=O) groups is 1. The molecule has 0 aliphatic carbocycles. The first-order chi connectivity index (χ1) is 11.5. The molecule has 8 heteroatoms. The molecule has 1 amide bonds. The molecule has 24 heavy (non-hydrogen) atoms. The van der Waals surface area contributed by atoms with Gasteiger partial charge in [0.2, 0.25) is 5.91 Å². The summed E-state index contributed by atoms with van der Waals surface area (Å²) in [6, 6.07) is 5.29. The highest BCUT2D eigenvalue weighted by Gasteiger charge is 2.26. The van der Waals surface area contributed by atoms with E-state index in [1.807, 2.05) is 12.1 Å². The summed E-state index contributed by atoms with van der Waals surface area (Å²) in [6.45, 7) is 1.48. The van der Waals surface area contributed by atoms with Crippen LogP contribution in [0.3, 0.4) is 0 Å². The van der Waals surface area contributed by atoms with E-state index < -0.39 is 0 Å². The molecule has 1 aliphatic heterocycles. The number of aromatic amines is 1. The third-order valence-electron chi connectivity index (χ3n) is 4.03. The molecule has 0 aromatic carbocycles. The number of pyridine rings is 2. The molecule has 3 heterocycles. The molecule has 2 N–H and O–H groups in total. The summed E-state index contributed by atoms with van der Waals surface area (Å²) in [4.78, 5) is 33.1. The van der Waals surface area contributed by atoms with Crippen LogP contribution in [0.4, 0.5) is 11.5 Å². The summed E-state index contributed by atoms with van der Waals surface area (Å²) < 4.78 is 0.709. The Bertz CT molecular complexity index is 785. The summed E-state index contributed by atoms with van der Waals surface area (Å²) in [5.74, 6) is 0.621. The molecule has 0 radical (unpaired) electrons. The van der Waals surface area contributed by atoms with Gasteiger partial charge in [-0.25, -0.2) is 4.98 Å². The first-order valence-corrected chi connectivity index (χ1v) is 8.75. The number of hydrogen-bond donors (Lipinski definition) is 2. The normalized spacial score (nSPS) is 15.3. The van der Waals surface area contributed by atoms with Crippen LogP contribution in [-0.2, 0) is 4.79 Å². The van der Waals surface area contributed by atoms with Gasteiger partial charge < -0.3 is 15.2 Å². The van der Waals surface area contributed by atoms with Crippen molar-refractivity contribution in [1.29, 1.82) is 0 Å². The van der Waals surface area contributed by atoms with Crippen molar-refractivity contribution in [3.8, 4) is 0 Å². The molecule has 0 atom stereocenters. The zero-order chi connectivity index (χ0) is 17.1. The number of anilines is 2. The van der Waals surface area contributed by atoms with Gasteiger partial charge in [-0.15, -0.1) is 0 Å². The number of carbonyl (C=O) groups excluding carboxylic acids is 1. The van der Waals surface area contributed by atoms with Gasteiger partial charge in [-0.1, -0.05) is 11.6 Å². The number of rotatable bonds is 3. The lowest BCUT2D eigenvalue weighted by Crippen LogP contribution is -2.39. The average molecular weight is 412 g/mol. The van der Waals surface area contributed by atoms with Crippen LogP contribution in [-0.4, -0.2) is 29.0 Å². The Morgan fingerprint density at radius 2 is 2.12 bits per heavy atom. The number of piperidine rings is 1. The van der Waals surface area contributed by atoms with Gasteiger partial charge in [0.1, 0.15) is 11.5 Å². The fourth-order valence-electron chi connectivity index (χ4n) is 2.71. The fourth-order valence-corrected chi connectivity index (χ4v) is 3.17. The minimum atomic E-state index is -0.311. The predicted molar refractivity (Wildman–Crippen MR) is 97.6 cm³/mol. The molecule has 3 rings (SSSR count). The minimum absolute atomic E-state index is 0.119. The van der Waals surface area contributed by atoms with E-state index in [1.54, 1.807) is 12.3 Å². The van der Waals surface area contributed by atoms with Crippen LogP contribution in [0.2, 0.25) is 5.02 Å². The number of nitrogens with one attached hydrogen (secondary N) is 2. The van der Waals surface area contributed by atoms with Crippen LogP contribution in [0, 0.1) is 5.92 Å². The standard InChI is InChI=1S/C16H16BrClN4O2/c17-11-7-13(16(24)20-8-11)21-15(23)10-3-5-22(6-4-10)14-2-1-12(18)9-19-14/h1-2,7-10H,3-6H2,(H,20,24)(H,21,23). The van der Waals surface area contributed by atoms with E-state index in [2.05, 4.69) is 36.1 Å². The Labute approximate surface area is 152 Å². The van der Waals surface area contributed by atoms with E-state index >= 15 is 0 Å². The fraction of sp³-hybridized carbons (Fsp3) is 0.312. The maximum Gasteiger partial charge on any atom is 0.271 e. The lowest BCUT2D eigenvalue weighted by molar-refractivity contribution is -0.120. The van der Waals surface area contributed by atoms with E-state index in [4.69, 9.17) is 11.6 Å². The first kappa shape index (κ1) is 17.0. The number of aromatic nitrogens is 2. The van der Waals surface area contributed by atoms with Crippen LogP contribution in [0.5, 0.6) is 0 Å². The summed E-state index contributed by atoms with van der Waals surface area (Å²) in [5, 5.41) is 3.32. The lowest BCUT2D eigenvalue weighted by atomic mass is 9.96. The Hall–Kier alpha value is -1.86. The molecule has 0 unspecified atom stereocenters. The van der Waals surface area contributed by atoms with Crippen LogP contribution in [0.15, 0.2) is 39.9 Å². The molecular formula is C16H16BrClN4O2. The smallest absolute Gasteiger partial charge is 0.271 e. The molecule has 1 aliphatic rings. The third-order valence-corrected chi connectivity index (χ3v) is 4.71. The molecule has 6 nitrogen and oxygen atoms in total. The van der Waals surface area contributed by atoms with Crippen molar-refractivity contribution in [3.05, 3.63) is 50.4 Å². The van der Waals surface area contributed by atoms with Gasteiger partial charge in [-0.2, -0.15) is 0 Å². The summed E-state index contributed by atoms with van der Waals surface area (Å²) in [5.41, 5.74) is -0.0504. The van der Waals surface area contributed by atoms with E-state index in [0.29, 0.717) is 22.3 Å². The summed E-state index contributed by atoms with van der Waals surface area (Å²) >= 11 is 9.13. The molecule has 2 aromatic heterocycles. The molecule has 0 saturated carbocycles. The zero-order valence-corrected chi connectivity index (χ0v) is 15.1. The van der Waals surface area contributed by atoms with Gasteiger partial charge >= 0.3 is 0 Å². The molecule has 1 fully saturated rings. The molecule has 126 valence electrons. The topological polar surface area (TPSA) is 78.1 Å². The zero-order valence-electron chi connectivity index (χ0n) is 12.8.